The maximum absolute atomic E-state index is 6.30. The summed E-state index contributed by atoms with van der Waals surface area (Å²) in [4.78, 5) is 8.05. The van der Waals surface area contributed by atoms with E-state index in [0.717, 1.165) is 38.6 Å². The van der Waals surface area contributed by atoms with Crippen LogP contribution >= 0.6 is 0 Å². The van der Waals surface area contributed by atoms with Crippen LogP contribution in [0.4, 0.5) is 0 Å². The number of nitrogens with one attached hydrogen (secondary N) is 1. The first-order chi connectivity index (χ1) is 10.9. The van der Waals surface area contributed by atoms with Crippen molar-refractivity contribution in [2.24, 2.45) is 16.5 Å². The van der Waals surface area contributed by atoms with Crippen molar-refractivity contribution in [3.8, 4) is 0 Å². The molecule has 6 heteroatoms. The highest BCUT2D eigenvalue weighted by atomic mass is 16.7. The van der Waals surface area contributed by atoms with Crippen molar-refractivity contribution in [2.45, 2.75) is 31.8 Å². The third-order valence-electron chi connectivity index (χ3n) is 5.61. The first-order valence-electron chi connectivity index (χ1n) is 8.75. The van der Waals surface area contributed by atoms with Crippen molar-refractivity contribution < 1.29 is 14.3 Å². The zero-order valence-electron chi connectivity index (χ0n) is 13.3. The number of hydrogen-bond donors (Lipinski definition) is 1. The summed E-state index contributed by atoms with van der Waals surface area (Å²) in [6.45, 7) is 7.35. The predicted molar refractivity (Wildman–Crippen MR) is 82.8 cm³/mol. The second kappa shape index (κ2) is 6.34. The number of rotatable bonds is 3. The van der Waals surface area contributed by atoms with Gasteiger partial charge in [0.1, 0.15) is 6.10 Å². The average molecular weight is 309 g/mol. The maximum Gasteiger partial charge on any atom is 0.236 e. The zero-order chi connectivity index (χ0) is 14.8. The summed E-state index contributed by atoms with van der Waals surface area (Å²) in [7, 11) is 0. The Morgan fingerprint density at radius 2 is 2.18 bits per heavy atom. The second-order valence-electron chi connectivity index (χ2n) is 7.12. The lowest BCUT2D eigenvalue weighted by molar-refractivity contribution is -0.0501. The molecule has 124 valence electrons. The highest BCUT2D eigenvalue weighted by molar-refractivity contribution is 5.84. The Hall–Kier alpha value is -0.850. The van der Waals surface area contributed by atoms with Crippen LogP contribution in [0.15, 0.2) is 5.16 Å². The Bertz CT molecular complexity index is 425. The summed E-state index contributed by atoms with van der Waals surface area (Å²) in [6, 6.07) is 0. The third kappa shape index (κ3) is 2.72. The zero-order valence-corrected chi connectivity index (χ0v) is 13.3. The monoisotopic (exact) mass is 309 g/mol. The van der Waals surface area contributed by atoms with Gasteiger partial charge < -0.3 is 19.6 Å². The second-order valence-corrected chi connectivity index (χ2v) is 7.12. The molecule has 1 N–H and O–H groups in total. The van der Waals surface area contributed by atoms with Gasteiger partial charge in [-0.15, -0.1) is 0 Å². The quantitative estimate of drug-likeness (QED) is 0.837. The smallest absolute Gasteiger partial charge is 0.236 e. The van der Waals surface area contributed by atoms with Crippen molar-refractivity contribution in [1.82, 2.24) is 10.2 Å². The van der Waals surface area contributed by atoms with Gasteiger partial charge in [0.25, 0.3) is 0 Å². The summed E-state index contributed by atoms with van der Waals surface area (Å²) in [5, 5.41) is 7.78. The molecule has 3 saturated heterocycles. The summed E-state index contributed by atoms with van der Waals surface area (Å²) in [5.41, 5.74) is -0.112. The van der Waals surface area contributed by atoms with Crippen LogP contribution in [0, 0.1) is 11.3 Å². The normalized spacial score (nSPS) is 39.5. The molecule has 0 spiro atoms. The molecule has 0 aliphatic carbocycles. The molecule has 3 fully saturated rings. The fraction of sp³-hybridized carbons (Fsp3) is 0.938. The molecule has 0 amide bonds. The Labute approximate surface area is 132 Å². The molecule has 2 unspecified atom stereocenters. The molecule has 6 nitrogen and oxygen atoms in total. The van der Waals surface area contributed by atoms with E-state index in [0.29, 0.717) is 19.1 Å². The highest BCUT2D eigenvalue weighted by Crippen LogP contribution is 2.40. The SMILES string of the molecule is C1CCN(CC2CON=C([C@@]34CNCC3CCOC4)O2)CC1. The number of ether oxygens (including phenoxy) is 2. The Morgan fingerprint density at radius 1 is 1.27 bits per heavy atom. The average Bonchev–Trinajstić information content (AvgIpc) is 3.01. The summed E-state index contributed by atoms with van der Waals surface area (Å²) < 4.78 is 12.1. The molecule has 22 heavy (non-hydrogen) atoms. The van der Waals surface area contributed by atoms with Crippen LogP contribution in [0.2, 0.25) is 0 Å². The topological polar surface area (TPSA) is 55.3 Å². The molecule has 0 saturated carbocycles. The molecule has 3 atom stereocenters. The molecule has 0 bridgehead atoms. The van der Waals surface area contributed by atoms with Crippen molar-refractivity contribution in [3.05, 3.63) is 0 Å². The Morgan fingerprint density at radius 3 is 3.09 bits per heavy atom. The van der Waals surface area contributed by atoms with Gasteiger partial charge in [0, 0.05) is 19.7 Å². The molecule has 4 aliphatic rings. The minimum Gasteiger partial charge on any atom is -0.470 e. The fourth-order valence-corrected chi connectivity index (χ4v) is 4.27. The molecule has 0 radical (unpaired) electrons. The Kier molecular flexibility index (Phi) is 4.24. The van der Waals surface area contributed by atoms with Crippen LogP contribution in [0.1, 0.15) is 25.7 Å². The molecule has 4 heterocycles. The van der Waals surface area contributed by atoms with Crippen molar-refractivity contribution in [1.29, 1.82) is 0 Å². The van der Waals surface area contributed by atoms with Crippen LogP contribution in [0.25, 0.3) is 0 Å². The lowest BCUT2D eigenvalue weighted by atomic mass is 9.75. The number of nitrogens with zero attached hydrogens (tertiary/aromatic N) is 2. The highest BCUT2D eigenvalue weighted by Gasteiger charge is 2.52. The van der Waals surface area contributed by atoms with Crippen LogP contribution in [0.5, 0.6) is 0 Å². The lowest BCUT2D eigenvalue weighted by Gasteiger charge is -2.41. The van der Waals surface area contributed by atoms with Gasteiger partial charge in [-0.25, -0.2) is 0 Å². The molecule has 0 aromatic heterocycles. The minimum atomic E-state index is -0.112. The van der Waals surface area contributed by atoms with Gasteiger partial charge in [0.2, 0.25) is 5.90 Å². The molecule has 0 aromatic rings. The van der Waals surface area contributed by atoms with Gasteiger partial charge in [0.15, 0.2) is 6.61 Å². The van der Waals surface area contributed by atoms with Crippen molar-refractivity contribution >= 4 is 5.90 Å². The van der Waals surface area contributed by atoms with Crippen LogP contribution in [-0.2, 0) is 14.3 Å². The number of oxime groups is 1. The fourth-order valence-electron chi connectivity index (χ4n) is 4.27. The Balaban J connectivity index is 1.42. The van der Waals surface area contributed by atoms with Crippen LogP contribution in [-0.4, -0.2) is 69.4 Å². The van der Waals surface area contributed by atoms with Gasteiger partial charge in [-0.05, 0) is 44.8 Å². The van der Waals surface area contributed by atoms with Crippen LogP contribution in [0.3, 0.4) is 0 Å². The lowest BCUT2D eigenvalue weighted by Crippen LogP contribution is -2.51. The first kappa shape index (κ1) is 14.7. The summed E-state index contributed by atoms with van der Waals surface area (Å²) in [6.07, 6.45) is 5.14. The predicted octanol–water partition coefficient (Wildman–Crippen LogP) is 0.827. The van der Waals surface area contributed by atoms with E-state index >= 15 is 0 Å². The van der Waals surface area contributed by atoms with Gasteiger partial charge in [-0.3, -0.25) is 4.90 Å². The van der Waals surface area contributed by atoms with Crippen molar-refractivity contribution in [3.63, 3.8) is 0 Å². The van der Waals surface area contributed by atoms with Crippen LogP contribution < -0.4 is 5.32 Å². The van der Waals surface area contributed by atoms with E-state index in [2.05, 4.69) is 15.4 Å². The van der Waals surface area contributed by atoms with Gasteiger partial charge in [-0.2, -0.15) is 0 Å². The van der Waals surface area contributed by atoms with Gasteiger partial charge >= 0.3 is 0 Å². The number of piperidine rings is 1. The molecule has 4 rings (SSSR count). The number of hydrogen-bond acceptors (Lipinski definition) is 6. The van der Waals surface area contributed by atoms with E-state index in [-0.39, 0.29) is 11.5 Å². The molecule has 0 aromatic carbocycles. The summed E-state index contributed by atoms with van der Waals surface area (Å²) >= 11 is 0. The minimum absolute atomic E-state index is 0.100. The maximum atomic E-state index is 6.30. The van der Waals surface area contributed by atoms with E-state index in [1.54, 1.807) is 0 Å². The largest absolute Gasteiger partial charge is 0.470 e. The molecule has 4 aliphatic heterocycles. The third-order valence-corrected chi connectivity index (χ3v) is 5.61. The van der Waals surface area contributed by atoms with E-state index in [4.69, 9.17) is 14.3 Å². The van der Waals surface area contributed by atoms with E-state index < -0.39 is 0 Å². The number of likely N-dealkylation sites (tertiary alicyclic amines) is 1. The van der Waals surface area contributed by atoms with E-state index in [9.17, 15) is 0 Å². The van der Waals surface area contributed by atoms with E-state index in [1.807, 2.05) is 0 Å². The van der Waals surface area contributed by atoms with Gasteiger partial charge in [-0.1, -0.05) is 11.6 Å². The molecular formula is C16H27N3O3. The van der Waals surface area contributed by atoms with E-state index in [1.165, 1.54) is 32.4 Å². The van der Waals surface area contributed by atoms with Gasteiger partial charge in [0.05, 0.1) is 12.0 Å². The standard InChI is InChI=1S/C16H27N3O3/c1-2-5-19(6-3-1)9-14-10-21-18-15(22-14)16-11-17-8-13(16)4-7-20-12-16/h13-14,17H,1-12H2/t13?,14?,16-/m1/s1. The summed E-state index contributed by atoms with van der Waals surface area (Å²) in [5.74, 6) is 1.33. The number of fused-ring (bicyclic) bond motifs is 1. The molecular weight excluding hydrogens is 282 g/mol. The first-order valence-corrected chi connectivity index (χ1v) is 8.75. The van der Waals surface area contributed by atoms with Crippen molar-refractivity contribution in [2.75, 3.05) is 52.5 Å².